The van der Waals surface area contributed by atoms with Crippen LogP contribution in [0.3, 0.4) is 0 Å². The number of thiophene rings is 1. The second-order valence-corrected chi connectivity index (χ2v) is 11.4. The monoisotopic (exact) mass is 509 g/mol. The minimum Gasteiger partial charge on any atom is -0.507 e. The quantitative estimate of drug-likeness (QED) is 0.309. The number of carbonyl (C=O) groups excluding carboxylic acids is 2. The van der Waals surface area contributed by atoms with Crippen molar-refractivity contribution in [2.45, 2.75) is 30.3 Å². The van der Waals surface area contributed by atoms with E-state index in [0.717, 1.165) is 23.3 Å². The maximum absolute atomic E-state index is 13.1. The highest BCUT2D eigenvalue weighted by Crippen LogP contribution is 2.42. The number of carbonyl (C=O) groups is 2. The Balaban J connectivity index is 1.53. The number of aliphatic hydroxyl groups is 1. The van der Waals surface area contributed by atoms with Crippen LogP contribution in [0.5, 0.6) is 0 Å². The maximum atomic E-state index is 13.1. The molecule has 2 fully saturated rings. The number of ketones is 1. The molecule has 1 aromatic carbocycles. The van der Waals surface area contributed by atoms with Crippen LogP contribution in [0.2, 0.25) is 0 Å². The number of amides is 1. The van der Waals surface area contributed by atoms with Gasteiger partial charge in [-0.2, -0.15) is 4.31 Å². The first-order valence-electron chi connectivity index (χ1n) is 11.2. The summed E-state index contributed by atoms with van der Waals surface area (Å²) in [6, 6.07) is 12.2. The first-order valence-corrected chi connectivity index (χ1v) is 13.5. The minimum absolute atomic E-state index is 0.0171. The molecule has 0 radical (unpaired) electrons. The van der Waals surface area contributed by atoms with Gasteiger partial charge in [-0.15, -0.1) is 11.3 Å². The van der Waals surface area contributed by atoms with Crippen LogP contribution in [0.15, 0.2) is 76.8 Å². The van der Waals surface area contributed by atoms with Crippen molar-refractivity contribution in [3.05, 3.63) is 87.9 Å². The lowest BCUT2D eigenvalue weighted by atomic mass is 10.00. The standard InChI is InChI=1S/C25H23N3O5S2/c29-23(18-7-9-19(10-8-18)35(32,33)27-12-1-2-13-27)21-22(20-6-4-14-34-20)28(25(31)24(21)30)16-17-5-3-11-26-15-17/h3-11,14-15,22,29H,1-2,12-13,16H2/t22-/m1/s1. The molecule has 1 N–H and O–H groups in total. The molecule has 0 spiro atoms. The summed E-state index contributed by atoms with van der Waals surface area (Å²) < 4.78 is 27.1. The molecule has 4 heterocycles. The van der Waals surface area contributed by atoms with Gasteiger partial charge in [0.2, 0.25) is 10.0 Å². The smallest absolute Gasteiger partial charge is 0.295 e. The number of nitrogens with zero attached hydrogens (tertiary/aromatic N) is 3. The third-order valence-electron chi connectivity index (χ3n) is 6.26. The van der Waals surface area contributed by atoms with Crippen LogP contribution in [-0.4, -0.2) is 52.5 Å². The van der Waals surface area contributed by atoms with Crippen LogP contribution in [-0.2, 0) is 26.2 Å². The van der Waals surface area contributed by atoms with Crippen LogP contribution >= 0.6 is 11.3 Å². The topological polar surface area (TPSA) is 108 Å². The number of aromatic nitrogens is 1. The highest BCUT2D eigenvalue weighted by molar-refractivity contribution is 7.89. The summed E-state index contributed by atoms with van der Waals surface area (Å²) in [5.74, 6) is -1.82. The van der Waals surface area contributed by atoms with Gasteiger partial charge in [0, 0.05) is 42.5 Å². The second kappa shape index (κ2) is 9.37. The molecule has 2 saturated heterocycles. The van der Waals surface area contributed by atoms with Crippen LogP contribution in [0.4, 0.5) is 0 Å². The SMILES string of the molecule is O=C1C(=O)N(Cc2cccnc2)[C@H](c2cccs2)C1=C(O)c1ccc(S(=O)(=O)N2CCCC2)cc1. The molecule has 2 aliphatic heterocycles. The molecule has 8 nitrogen and oxygen atoms in total. The molecule has 0 unspecified atom stereocenters. The summed E-state index contributed by atoms with van der Waals surface area (Å²) in [5.41, 5.74) is 1.01. The van der Waals surface area contributed by atoms with Crippen LogP contribution < -0.4 is 0 Å². The summed E-state index contributed by atoms with van der Waals surface area (Å²) in [4.78, 5) is 32.5. The van der Waals surface area contributed by atoms with Crippen molar-refractivity contribution in [2.75, 3.05) is 13.1 Å². The highest BCUT2D eigenvalue weighted by Gasteiger charge is 2.46. The van der Waals surface area contributed by atoms with Crippen molar-refractivity contribution in [1.82, 2.24) is 14.2 Å². The Morgan fingerprint density at radius 1 is 1.06 bits per heavy atom. The number of likely N-dealkylation sites (tertiary alicyclic amines) is 1. The molecular weight excluding hydrogens is 486 g/mol. The molecule has 0 saturated carbocycles. The Bertz CT molecular complexity index is 1380. The van der Waals surface area contributed by atoms with E-state index in [1.165, 1.54) is 44.8 Å². The van der Waals surface area contributed by atoms with Crippen molar-refractivity contribution in [3.63, 3.8) is 0 Å². The van der Waals surface area contributed by atoms with Gasteiger partial charge >= 0.3 is 0 Å². The lowest BCUT2D eigenvalue weighted by Gasteiger charge is -2.24. The van der Waals surface area contributed by atoms with Gasteiger partial charge < -0.3 is 10.0 Å². The molecule has 5 rings (SSSR count). The third-order valence-corrected chi connectivity index (χ3v) is 9.10. The molecule has 1 amide bonds. The van der Waals surface area contributed by atoms with E-state index in [4.69, 9.17) is 0 Å². The van der Waals surface area contributed by atoms with Gasteiger partial charge in [0.1, 0.15) is 5.76 Å². The van der Waals surface area contributed by atoms with Gasteiger partial charge in [-0.1, -0.05) is 12.1 Å². The summed E-state index contributed by atoms with van der Waals surface area (Å²) >= 11 is 1.38. The fourth-order valence-corrected chi connectivity index (χ4v) is 6.85. The molecule has 3 aromatic rings. The zero-order chi connectivity index (χ0) is 24.6. The number of sulfonamides is 1. The van der Waals surface area contributed by atoms with Crippen molar-refractivity contribution < 1.29 is 23.1 Å². The number of rotatable bonds is 6. The molecule has 2 aliphatic rings. The third kappa shape index (κ3) is 4.29. The Kier molecular flexibility index (Phi) is 6.26. The first-order chi connectivity index (χ1) is 16.9. The average molecular weight is 510 g/mol. The number of hydrogen-bond acceptors (Lipinski definition) is 7. The average Bonchev–Trinajstić information content (AvgIpc) is 3.64. The lowest BCUT2D eigenvalue weighted by molar-refractivity contribution is -0.140. The van der Waals surface area contributed by atoms with E-state index >= 15 is 0 Å². The van der Waals surface area contributed by atoms with E-state index in [1.54, 1.807) is 18.5 Å². The molecule has 0 aliphatic carbocycles. The van der Waals surface area contributed by atoms with Gasteiger partial charge in [-0.25, -0.2) is 8.42 Å². The van der Waals surface area contributed by atoms with Gasteiger partial charge in [0.15, 0.2) is 0 Å². The molecule has 1 atom stereocenters. The Morgan fingerprint density at radius 3 is 2.43 bits per heavy atom. The summed E-state index contributed by atoms with van der Waals surface area (Å²) in [6.07, 6.45) is 4.92. The fraction of sp³-hybridized carbons (Fsp3) is 0.240. The van der Waals surface area contributed by atoms with Crippen molar-refractivity contribution in [3.8, 4) is 0 Å². The fourth-order valence-electron chi connectivity index (χ4n) is 4.49. The number of aliphatic hydroxyl groups excluding tert-OH is 1. The van der Waals surface area contributed by atoms with E-state index in [-0.39, 0.29) is 28.3 Å². The number of pyridine rings is 1. The molecule has 10 heteroatoms. The molecule has 0 bridgehead atoms. The van der Waals surface area contributed by atoms with E-state index in [0.29, 0.717) is 13.1 Å². The second-order valence-electron chi connectivity index (χ2n) is 8.44. The van der Waals surface area contributed by atoms with Gasteiger partial charge in [0.05, 0.1) is 16.5 Å². The van der Waals surface area contributed by atoms with Crippen molar-refractivity contribution in [1.29, 1.82) is 0 Å². The zero-order valence-electron chi connectivity index (χ0n) is 18.7. The zero-order valence-corrected chi connectivity index (χ0v) is 20.3. The molecule has 180 valence electrons. The Labute approximate surface area is 207 Å². The summed E-state index contributed by atoms with van der Waals surface area (Å²) in [7, 11) is -3.61. The highest BCUT2D eigenvalue weighted by atomic mass is 32.2. The van der Waals surface area contributed by atoms with E-state index in [1.807, 2.05) is 23.6 Å². The Hall–Kier alpha value is -3.34. The van der Waals surface area contributed by atoms with Crippen LogP contribution in [0, 0.1) is 0 Å². The van der Waals surface area contributed by atoms with Crippen molar-refractivity contribution in [2.24, 2.45) is 0 Å². The predicted octanol–water partition coefficient (Wildman–Crippen LogP) is 3.55. The van der Waals surface area contributed by atoms with Crippen LogP contribution in [0.1, 0.15) is 34.9 Å². The predicted molar refractivity (Wildman–Crippen MR) is 131 cm³/mol. The normalized spacial score (nSPS) is 20.6. The van der Waals surface area contributed by atoms with Crippen LogP contribution in [0.25, 0.3) is 5.76 Å². The number of Topliss-reactive ketones (excluding diaryl/α,β-unsaturated/α-hetero) is 1. The van der Waals surface area contributed by atoms with Gasteiger partial charge in [0.25, 0.3) is 11.7 Å². The van der Waals surface area contributed by atoms with E-state index in [2.05, 4.69) is 4.98 Å². The minimum atomic E-state index is -3.61. The number of hydrogen-bond donors (Lipinski definition) is 1. The van der Waals surface area contributed by atoms with Crippen molar-refractivity contribution >= 4 is 38.8 Å². The van der Waals surface area contributed by atoms with E-state index in [9.17, 15) is 23.1 Å². The molecular formula is C25H23N3O5S2. The van der Waals surface area contributed by atoms with Gasteiger partial charge in [-0.05, 0) is 60.2 Å². The molecule has 2 aromatic heterocycles. The van der Waals surface area contributed by atoms with E-state index < -0.39 is 27.8 Å². The largest absolute Gasteiger partial charge is 0.507 e. The summed E-state index contributed by atoms with van der Waals surface area (Å²) in [5, 5.41) is 13.0. The molecule has 35 heavy (non-hydrogen) atoms. The van der Waals surface area contributed by atoms with Gasteiger partial charge in [-0.3, -0.25) is 14.6 Å². The first kappa shape index (κ1) is 23.4. The Morgan fingerprint density at radius 2 is 1.80 bits per heavy atom. The summed E-state index contributed by atoms with van der Waals surface area (Å²) in [6.45, 7) is 1.14. The maximum Gasteiger partial charge on any atom is 0.295 e. The number of benzene rings is 1. The lowest BCUT2D eigenvalue weighted by Crippen LogP contribution is -2.28.